The molecule has 0 aliphatic heterocycles. The summed E-state index contributed by atoms with van der Waals surface area (Å²) in [6.07, 6.45) is 2.72. The average molecular weight is 175 g/mol. The van der Waals surface area contributed by atoms with E-state index in [4.69, 9.17) is 5.73 Å². The van der Waals surface area contributed by atoms with Crippen molar-refractivity contribution >= 4 is 10.9 Å². The minimum Gasteiger partial charge on any atom is -0.328 e. The van der Waals surface area contributed by atoms with Crippen molar-refractivity contribution in [1.29, 1.82) is 0 Å². The van der Waals surface area contributed by atoms with Crippen molar-refractivity contribution in [2.24, 2.45) is 5.73 Å². The second-order valence-corrected chi connectivity index (χ2v) is 3.43. The van der Waals surface area contributed by atoms with E-state index in [0.29, 0.717) is 0 Å². The number of H-pyrrole nitrogens is 1. The molecular formula is C10H13N3. The van der Waals surface area contributed by atoms with Gasteiger partial charge in [-0.25, -0.2) is 0 Å². The Morgan fingerprint density at radius 3 is 3.15 bits per heavy atom. The topological polar surface area (TPSA) is 54.7 Å². The van der Waals surface area contributed by atoms with Crippen LogP contribution in [0.1, 0.15) is 12.5 Å². The van der Waals surface area contributed by atoms with Crippen LogP contribution in [0, 0.1) is 0 Å². The van der Waals surface area contributed by atoms with Crippen LogP contribution in [0.5, 0.6) is 0 Å². The molecule has 0 aliphatic carbocycles. The summed E-state index contributed by atoms with van der Waals surface area (Å²) >= 11 is 0. The summed E-state index contributed by atoms with van der Waals surface area (Å²) in [7, 11) is 0. The number of hydrogen-bond acceptors (Lipinski definition) is 2. The summed E-state index contributed by atoms with van der Waals surface area (Å²) in [5, 5.41) is 8.14. The standard InChI is InChI=1S/C10H13N3/c1-7(11)5-8-3-2-4-9-6-12-13-10(8)9/h2-4,6-7H,5,11H2,1H3,(H,12,13)/t7-/m1/s1. The smallest absolute Gasteiger partial charge is 0.0682 e. The molecular weight excluding hydrogens is 162 g/mol. The van der Waals surface area contributed by atoms with Gasteiger partial charge in [0.15, 0.2) is 0 Å². The van der Waals surface area contributed by atoms with E-state index in [0.717, 1.165) is 17.3 Å². The first-order valence-electron chi connectivity index (χ1n) is 4.44. The molecule has 0 amide bonds. The molecule has 0 aliphatic rings. The molecule has 0 bridgehead atoms. The third-order valence-electron chi connectivity index (χ3n) is 2.10. The summed E-state index contributed by atoms with van der Waals surface area (Å²) in [6, 6.07) is 6.36. The number of aromatic amines is 1. The minimum absolute atomic E-state index is 0.189. The van der Waals surface area contributed by atoms with Gasteiger partial charge in [-0.2, -0.15) is 5.10 Å². The van der Waals surface area contributed by atoms with Gasteiger partial charge in [0, 0.05) is 11.4 Å². The van der Waals surface area contributed by atoms with Gasteiger partial charge >= 0.3 is 0 Å². The Balaban J connectivity index is 2.48. The molecule has 0 unspecified atom stereocenters. The van der Waals surface area contributed by atoms with Crippen LogP contribution < -0.4 is 5.73 Å². The highest BCUT2D eigenvalue weighted by Crippen LogP contribution is 2.16. The van der Waals surface area contributed by atoms with Crippen LogP contribution in [0.2, 0.25) is 0 Å². The van der Waals surface area contributed by atoms with Crippen LogP contribution in [0.25, 0.3) is 10.9 Å². The Morgan fingerprint density at radius 1 is 1.54 bits per heavy atom. The fourth-order valence-electron chi connectivity index (χ4n) is 1.55. The summed E-state index contributed by atoms with van der Waals surface area (Å²) in [4.78, 5) is 0. The molecule has 13 heavy (non-hydrogen) atoms. The Labute approximate surface area is 76.9 Å². The fraction of sp³-hybridized carbons (Fsp3) is 0.300. The Hall–Kier alpha value is -1.35. The van der Waals surface area contributed by atoms with Crippen molar-refractivity contribution in [2.75, 3.05) is 0 Å². The van der Waals surface area contributed by atoms with Gasteiger partial charge in [0.05, 0.1) is 11.7 Å². The van der Waals surface area contributed by atoms with Crippen LogP contribution >= 0.6 is 0 Å². The number of aromatic nitrogens is 2. The zero-order valence-corrected chi connectivity index (χ0v) is 7.62. The van der Waals surface area contributed by atoms with E-state index in [-0.39, 0.29) is 6.04 Å². The third kappa shape index (κ3) is 1.55. The number of hydrogen-bond donors (Lipinski definition) is 2. The SMILES string of the molecule is C[C@@H](N)Cc1cccc2cn[nH]c12. The molecule has 2 rings (SSSR count). The first kappa shape index (κ1) is 8.26. The highest BCUT2D eigenvalue weighted by molar-refractivity contribution is 5.81. The van der Waals surface area contributed by atoms with Crippen molar-refractivity contribution in [3.05, 3.63) is 30.0 Å². The summed E-state index contributed by atoms with van der Waals surface area (Å²) in [5.41, 5.74) is 8.10. The number of benzene rings is 1. The van der Waals surface area contributed by atoms with E-state index in [1.165, 1.54) is 5.56 Å². The molecule has 2 aromatic rings. The summed E-state index contributed by atoms with van der Waals surface area (Å²) < 4.78 is 0. The van der Waals surface area contributed by atoms with Crippen molar-refractivity contribution in [2.45, 2.75) is 19.4 Å². The van der Waals surface area contributed by atoms with Gasteiger partial charge in [-0.15, -0.1) is 0 Å². The molecule has 1 heterocycles. The lowest BCUT2D eigenvalue weighted by atomic mass is 10.1. The van der Waals surface area contributed by atoms with E-state index >= 15 is 0 Å². The van der Waals surface area contributed by atoms with E-state index in [1.807, 2.05) is 25.3 Å². The lowest BCUT2D eigenvalue weighted by Gasteiger charge is -2.05. The zero-order chi connectivity index (χ0) is 9.26. The number of rotatable bonds is 2. The first-order valence-corrected chi connectivity index (χ1v) is 4.44. The zero-order valence-electron chi connectivity index (χ0n) is 7.62. The van der Waals surface area contributed by atoms with Crippen LogP contribution in [0.15, 0.2) is 24.4 Å². The second kappa shape index (κ2) is 3.18. The molecule has 68 valence electrons. The van der Waals surface area contributed by atoms with Gasteiger partial charge in [-0.05, 0) is 18.9 Å². The fourth-order valence-corrected chi connectivity index (χ4v) is 1.55. The normalized spacial score (nSPS) is 13.4. The molecule has 3 N–H and O–H groups in total. The van der Waals surface area contributed by atoms with Crippen molar-refractivity contribution in [3.8, 4) is 0 Å². The highest BCUT2D eigenvalue weighted by atomic mass is 15.1. The van der Waals surface area contributed by atoms with Crippen molar-refractivity contribution < 1.29 is 0 Å². The Morgan fingerprint density at radius 2 is 2.38 bits per heavy atom. The third-order valence-corrected chi connectivity index (χ3v) is 2.10. The molecule has 3 heteroatoms. The second-order valence-electron chi connectivity index (χ2n) is 3.43. The monoisotopic (exact) mass is 175 g/mol. The van der Waals surface area contributed by atoms with E-state index in [1.54, 1.807) is 0 Å². The molecule has 1 atom stereocenters. The van der Waals surface area contributed by atoms with Crippen molar-refractivity contribution in [1.82, 2.24) is 10.2 Å². The maximum absolute atomic E-state index is 5.75. The number of nitrogens with one attached hydrogen (secondary N) is 1. The minimum atomic E-state index is 0.189. The van der Waals surface area contributed by atoms with Gasteiger partial charge in [0.2, 0.25) is 0 Å². The average Bonchev–Trinajstić information content (AvgIpc) is 2.51. The quantitative estimate of drug-likeness (QED) is 0.725. The van der Waals surface area contributed by atoms with Crippen LogP contribution in [0.4, 0.5) is 0 Å². The summed E-state index contributed by atoms with van der Waals surface area (Å²) in [5.74, 6) is 0. The van der Waals surface area contributed by atoms with Crippen molar-refractivity contribution in [3.63, 3.8) is 0 Å². The molecule has 1 aromatic carbocycles. The van der Waals surface area contributed by atoms with Gasteiger partial charge in [0.25, 0.3) is 0 Å². The van der Waals surface area contributed by atoms with Crippen LogP contribution in [-0.4, -0.2) is 16.2 Å². The molecule has 0 saturated carbocycles. The first-order chi connectivity index (χ1) is 6.27. The lowest BCUT2D eigenvalue weighted by Crippen LogP contribution is -2.17. The molecule has 0 fully saturated rings. The van der Waals surface area contributed by atoms with Crippen LogP contribution in [-0.2, 0) is 6.42 Å². The van der Waals surface area contributed by atoms with Gasteiger partial charge in [-0.1, -0.05) is 18.2 Å². The van der Waals surface area contributed by atoms with Gasteiger partial charge < -0.3 is 5.73 Å². The molecule has 3 nitrogen and oxygen atoms in total. The molecule has 1 aromatic heterocycles. The van der Waals surface area contributed by atoms with E-state index in [2.05, 4.69) is 16.3 Å². The Bertz CT molecular complexity index is 403. The molecule has 0 saturated heterocycles. The number of nitrogens with zero attached hydrogens (tertiary/aromatic N) is 1. The number of fused-ring (bicyclic) bond motifs is 1. The lowest BCUT2D eigenvalue weighted by molar-refractivity contribution is 0.740. The van der Waals surface area contributed by atoms with Gasteiger partial charge in [0.1, 0.15) is 0 Å². The highest BCUT2D eigenvalue weighted by Gasteiger charge is 2.03. The number of nitrogens with two attached hydrogens (primary N) is 1. The Kier molecular flexibility index (Phi) is 2.02. The van der Waals surface area contributed by atoms with Gasteiger partial charge in [-0.3, -0.25) is 5.10 Å². The number of para-hydroxylation sites is 1. The predicted octanol–water partition coefficient (Wildman–Crippen LogP) is 1.45. The maximum atomic E-state index is 5.75. The van der Waals surface area contributed by atoms with Crippen LogP contribution in [0.3, 0.4) is 0 Å². The molecule has 0 spiro atoms. The maximum Gasteiger partial charge on any atom is 0.0682 e. The predicted molar refractivity (Wildman–Crippen MR) is 53.4 cm³/mol. The largest absolute Gasteiger partial charge is 0.328 e. The molecule has 0 radical (unpaired) electrons. The van der Waals surface area contributed by atoms with E-state index < -0.39 is 0 Å². The summed E-state index contributed by atoms with van der Waals surface area (Å²) in [6.45, 7) is 2.01. The van der Waals surface area contributed by atoms with E-state index in [9.17, 15) is 0 Å².